The van der Waals surface area contributed by atoms with E-state index in [-0.39, 0.29) is 0 Å². The zero-order valence-corrected chi connectivity index (χ0v) is 12.4. The number of nitrogens with one attached hydrogen (secondary N) is 1. The average Bonchev–Trinajstić information content (AvgIpc) is 3.07. The van der Waals surface area contributed by atoms with Gasteiger partial charge in [0.05, 0.1) is 5.60 Å². The van der Waals surface area contributed by atoms with E-state index >= 15 is 0 Å². The van der Waals surface area contributed by atoms with E-state index < -0.39 is 5.60 Å². The van der Waals surface area contributed by atoms with Gasteiger partial charge in [-0.05, 0) is 57.2 Å². The van der Waals surface area contributed by atoms with Gasteiger partial charge < -0.3 is 15.2 Å². The molecule has 3 heteroatoms. The van der Waals surface area contributed by atoms with Crippen LogP contribution in [0.25, 0.3) is 0 Å². The smallest absolute Gasteiger partial charge is 0.125 e. The molecule has 2 N–H and O–H groups in total. The second kappa shape index (κ2) is 5.51. The van der Waals surface area contributed by atoms with Crippen LogP contribution in [0.1, 0.15) is 43.4 Å². The van der Waals surface area contributed by atoms with Gasteiger partial charge in [0.1, 0.15) is 12.4 Å². The van der Waals surface area contributed by atoms with Crippen LogP contribution in [-0.2, 0) is 6.54 Å². The number of aliphatic hydroxyl groups is 1. The summed E-state index contributed by atoms with van der Waals surface area (Å²) < 4.78 is 5.75. The fourth-order valence-electron chi connectivity index (χ4n) is 2.17. The highest BCUT2D eigenvalue weighted by atomic mass is 16.5. The average molecular weight is 263 g/mol. The monoisotopic (exact) mass is 263 g/mol. The Balaban J connectivity index is 2.03. The number of hydrogen-bond donors (Lipinski definition) is 2. The zero-order valence-electron chi connectivity index (χ0n) is 12.4. The largest absolute Gasteiger partial charge is 0.490 e. The van der Waals surface area contributed by atoms with Crippen LogP contribution in [0.3, 0.4) is 0 Å². The first-order chi connectivity index (χ1) is 8.85. The Morgan fingerprint density at radius 1 is 1.26 bits per heavy atom. The first-order valence-electron chi connectivity index (χ1n) is 7.04. The van der Waals surface area contributed by atoms with Crippen LogP contribution in [0.15, 0.2) is 12.1 Å². The van der Waals surface area contributed by atoms with Crippen LogP contribution in [-0.4, -0.2) is 23.4 Å². The normalized spacial score (nSPS) is 15.6. The van der Waals surface area contributed by atoms with E-state index in [1.165, 1.54) is 18.4 Å². The summed E-state index contributed by atoms with van der Waals surface area (Å²) in [7, 11) is 0. The van der Waals surface area contributed by atoms with Crippen LogP contribution in [0.4, 0.5) is 0 Å². The fraction of sp³-hybridized carbons (Fsp3) is 0.625. The van der Waals surface area contributed by atoms with Gasteiger partial charge in [0.25, 0.3) is 0 Å². The Morgan fingerprint density at radius 3 is 2.32 bits per heavy atom. The van der Waals surface area contributed by atoms with Crippen molar-refractivity contribution in [3.8, 4) is 5.75 Å². The molecule has 0 unspecified atom stereocenters. The van der Waals surface area contributed by atoms with E-state index in [1.54, 1.807) is 13.8 Å². The summed E-state index contributed by atoms with van der Waals surface area (Å²) >= 11 is 0. The van der Waals surface area contributed by atoms with Crippen molar-refractivity contribution >= 4 is 0 Å². The van der Waals surface area contributed by atoms with Gasteiger partial charge in [-0.3, -0.25) is 0 Å². The molecule has 0 aliphatic heterocycles. The van der Waals surface area contributed by atoms with Gasteiger partial charge in [-0.2, -0.15) is 0 Å². The second-order valence-corrected chi connectivity index (χ2v) is 6.32. The second-order valence-electron chi connectivity index (χ2n) is 6.32. The van der Waals surface area contributed by atoms with Crippen LogP contribution < -0.4 is 10.1 Å². The minimum atomic E-state index is -0.801. The maximum atomic E-state index is 9.73. The van der Waals surface area contributed by atoms with Crippen molar-refractivity contribution in [2.24, 2.45) is 0 Å². The molecule has 1 aromatic rings. The van der Waals surface area contributed by atoms with Gasteiger partial charge in [0, 0.05) is 12.6 Å². The van der Waals surface area contributed by atoms with Crippen LogP contribution in [0, 0.1) is 13.8 Å². The third-order valence-corrected chi connectivity index (χ3v) is 3.26. The lowest BCUT2D eigenvalue weighted by atomic mass is 10.1. The van der Waals surface area contributed by atoms with Crippen molar-refractivity contribution in [3.63, 3.8) is 0 Å². The van der Waals surface area contributed by atoms with E-state index in [9.17, 15) is 5.11 Å². The highest BCUT2D eigenvalue weighted by molar-refractivity contribution is 5.43. The van der Waals surface area contributed by atoms with Crippen LogP contribution in [0.5, 0.6) is 5.75 Å². The molecule has 19 heavy (non-hydrogen) atoms. The minimum Gasteiger partial charge on any atom is -0.490 e. The number of aryl methyl sites for hydroxylation is 2. The van der Waals surface area contributed by atoms with E-state index in [0.717, 1.165) is 29.5 Å². The first kappa shape index (κ1) is 14.4. The molecule has 1 aromatic carbocycles. The molecule has 106 valence electrons. The molecule has 0 spiro atoms. The van der Waals surface area contributed by atoms with Crippen molar-refractivity contribution in [2.45, 2.75) is 58.7 Å². The van der Waals surface area contributed by atoms with Gasteiger partial charge in [-0.15, -0.1) is 0 Å². The van der Waals surface area contributed by atoms with Gasteiger partial charge in [0.15, 0.2) is 0 Å². The van der Waals surface area contributed by atoms with E-state index in [2.05, 4.69) is 31.3 Å². The van der Waals surface area contributed by atoms with Crippen molar-refractivity contribution < 1.29 is 9.84 Å². The van der Waals surface area contributed by atoms with Gasteiger partial charge in [0.2, 0.25) is 0 Å². The predicted molar refractivity (Wildman–Crippen MR) is 77.6 cm³/mol. The molecule has 0 radical (unpaired) electrons. The van der Waals surface area contributed by atoms with Gasteiger partial charge in [-0.1, -0.05) is 12.1 Å². The number of rotatable bonds is 6. The van der Waals surface area contributed by atoms with Crippen molar-refractivity contribution in [2.75, 3.05) is 6.61 Å². The lowest BCUT2D eigenvalue weighted by Crippen LogP contribution is -2.28. The topological polar surface area (TPSA) is 41.5 Å². The Kier molecular flexibility index (Phi) is 4.16. The highest BCUT2D eigenvalue weighted by Crippen LogP contribution is 2.26. The maximum Gasteiger partial charge on any atom is 0.125 e. The number of benzene rings is 1. The lowest BCUT2D eigenvalue weighted by molar-refractivity contribution is 0.0280. The molecular formula is C16H25NO2. The summed E-state index contributed by atoms with van der Waals surface area (Å²) in [4.78, 5) is 0. The molecular weight excluding hydrogens is 238 g/mol. The van der Waals surface area contributed by atoms with Crippen molar-refractivity contribution in [3.05, 3.63) is 28.8 Å². The molecule has 0 heterocycles. The summed E-state index contributed by atoms with van der Waals surface area (Å²) in [5, 5.41) is 13.3. The van der Waals surface area contributed by atoms with Crippen molar-refractivity contribution in [1.82, 2.24) is 5.32 Å². The Morgan fingerprint density at radius 2 is 1.84 bits per heavy atom. The van der Waals surface area contributed by atoms with E-state index in [4.69, 9.17) is 4.74 Å². The van der Waals surface area contributed by atoms with Crippen LogP contribution >= 0.6 is 0 Å². The SMILES string of the molecule is Cc1cc(CNC2CC2)cc(C)c1OCC(C)(C)O. The fourth-order valence-corrected chi connectivity index (χ4v) is 2.17. The third-order valence-electron chi connectivity index (χ3n) is 3.26. The molecule has 0 aromatic heterocycles. The summed E-state index contributed by atoms with van der Waals surface area (Å²) in [5.41, 5.74) is 2.77. The van der Waals surface area contributed by atoms with E-state index in [0.29, 0.717) is 6.61 Å². The molecule has 0 bridgehead atoms. The Hall–Kier alpha value is -1.06. The van der Waals surface area contributed by atoms with Gasteiger partial charge in [-0.25, -0.2) is 0 Å². The Bertz CT molecular complexity index is 422. The first-order valence-corrected chi connectivity index (χ1v) is 7.04. The minimum absolute atomic E-state index is 0.314. The number of ether oxygens (including phenoxy) is 1. The van der Waals surface area contributed by atoms with E-state index in [1.807, 2.05) is 0 Å². The quantitative estimate of drug-likeness (QED) is 0.829. The maximum absolute atomic E-state index is 9.73. The summed E-state index contributed by atoms with van der Waals surface area (Å²) in [6.45, 7) is 8.88. The molecule has 1 saturated carbocycles. The highest BCUT2D eigenvalue weighted by Gasteiger charge is 2.20. The molecule has 2 rings (SSSR count). The molecule has 1 fully saturated rings. The molecule has 0 saturated heterocycles. The Labute approximate surface area is 116 Å². The standard InChI is InChI=1S/C16H25NO2/c1-11-7-13(9-17-14-5-6-14)8-12(2)15(11)19-10-16(3,4)18/h7-8,14,17-18H,5-6,9-10H2,1-4H3. The summed E-state index contributed by atoms with van der Waals surface area (Å²) in [6.07, 6.45) is 2.62. The molecule has 1 aliphatic rings. The molecule has 1 aliphatic carbocycles. The molecule has 0 amide bonds. The zero-order chi connectivity index (χ0) is 14.0. The summed E-state index contributed by atoms with van der Waals surface area (Å²) in [6, 6.07) is 5.07. The molecule has 3 nitrogen and oxygen atoms in total. The van der Waals surface area contributed by atoms with Crippen LogP contribution in [0.2, 0.25) is 0 Å². The predicted octanol–water partition coefficient (Wildman–Crippen LogP) is 2.71. The summed E-state index contributed by atoms with van der Waals surface area (Å²) in [5.74, 6) is 0.900. The lowest BCUT2D eigenvalue weighted by Gasteiger charge is -2.20. The number of hydrogen-bond acceptors (Lipinski definition) is 3. The molecule has 0 atom stereocenters. The third kappa shape index (κ3) is 4.51. The van der Waals surface area contributed by atoms with Gasteiger partial charge >= 0.3 is 0 Å². The van der Waals surface area contributed by atoms with Crippen molar-refractivity contribution in [1.29, 1.82) is 0 Å².